The molecule has 2 heterocycles. The van der Waals surface area contributed by atoms with Crippen molar-refractivity contribution in [3.8, 4) is 17.0 Å². The number of pyridine rings is 1. The second-order valence-corrected chi connectivity index (χ2v) is 6.49. The van der Waals surface area contributed by atoms with E-state index >= 15 is 0 Å². The SMILES string of the molecule is C=C(O/C(C)=C\C)C(C)Nc1ncnc2c(OC)cc(-c3ccc(F)cn3)cc12. The van der Waals surface area contributed by atoms with Gasteiger partial charge in [-0.3, -0.25) is 4.98 Å². The molecular formula is C22H23FN4O2. The first-order chi connectivity index (χ1) is 13.9. The van der Waals surface area contributed by atoms with Crippen LogP contribution in [0.5, 0.6) is 5.75 Å². The van der Waals surface area contributed by atoms with Gasteiger partial charge in [-0.05, 0) is 51.1 Å². The summed E-state index contributed by atoms with van der Waals surface area (Å²) in [7, 11) is 1.57. The maximum absolute atomic E-state index is 13.3. The van der Waals surface area contributed by atoms with Crippen LogP contribution in [-0.4, -0.2) is 28.1 Å². The summed E-state index contributed by atoms with van der Waals surface area (Å²) in [5.74, 6) is 2.11. The topological polar surface area (TPSA) is 69.2 Å². The summed E-state index contributed by atoms with van der Waals surface area (Å²) in [6.45, 7) is 9.68. The fourth-order valence-corrected chi connectivity index (χ4v) is 2.74. The van der Waals surface area contributed by atoms with Crippen molar-refractivity contribution in [3.63, 3.8) is 0 Å². The quantitative estimate of drug-likeness (QED) is 0.563. The molecule has 3 rings (SSSR count). The van der Waals surface area contributed by atoms with Gasteiger partial charge in [-0.15, -0.1) is 0 Å². The van der Waals surface area contributed by atoms with Gasteiger partial charge in [0.2, 0.25) is 0 Å². The van der Waals surface area contributed by atoms with Crippen molar-refractivity contribution in [2.45, 2.75) is 26.8 Å². The molecule has 0 fully saturated rings. The number of allylic oxidation sites excluding steroid dienone is 2. The van der Waals surface area contributed by atoms with E-state index in [9.17, 15) is 4.39 Å². The van der Waals surface area contributed by atoms with Crippen LogP contribution in [0.15, 0.2) is 61.0 Å². The van der Waals surface area contributed by atoms with E-state index in [4.69, 9.17) is 9.47 Å². The molecule has 150 valence electrons. The van der Waals surface area contributed by atoms with E-state index in [-0.39, 0.29) is 6.04 Å². The molecule has 29 heavy (non-hydrogen) atoms. The number of methoxy groups -OCH3 is 1. The molecule has 0 spiro atoms. The van der Waals surface area contributed by atoms with Crippen LogP contribution in [0.25, 0.3) is 22.2 Å². The molecule has 1 aromatic carbocycles. The highest BCUT2D eigenvalue weighted by molar-refractivity contribution is 5.96. The zero-order valence-electron chi connectivity index (χ0n) is 16.9. The van der Waals surface area contributed by atoms with E-state index in [2.05, 4.69) is 26.8 Å². The Balaban J connectivity index is 2.03. The van der Waals surface area contributed by atoms with Crippen LogP contribution in [0.2, 0.25) is 0 Å². The summed E-state index contributed by atoms with van der Waals surface area (Å²) in [5, 5.41) is 4.06. The Hall–Kier alpha value is -3.48. The Morgan fingerprint density at radius 1 is 1.24 bits per heavy atom. The lowest BCUT2D eigenvalue weighted by Crippen LogP contribution is -2.20. The molecule has 0 aliphatic heterocycles. The third-order valence-electron chi connectivity index (χ3n) is 4.48. The molecule has 2 aromatic heterocycles. The molecule has 0 radical (unpaired) electrons. The molecule has 3 aromatic rings. The van der Waals surface area contributed by atoms with Crippen molar-refractivity contribution < 1.29 is 13.9 Å². The molecule has 0 amide bonds. The smallest absolute Gasteiger partial charge is 0.145 e. The van der Waals surface area contributed by atoms with E-state index in [0.29, 0.717) is 28.5 Å². The molecular weight excluding hydrogens is 371 g/mol. The monoisotopic (exact) mass is 394 g/mol. The van der Waals surface area contributed by atoms with Crippen molar-refractivity contribution in [1.29, 1.82) is 0 Å². The number of nitrogens with one attached hydrogen (secondary N) is 1. The van der Waals surface area contributed by atoms with Gasteiger partial charge in [-0.2, -0.15) is 0 Å². The number of rotatable bonds is 7. The van der Waals surface area contributed by atoms with E-state index in [1.807, 2.05) is 39.0 Å². The number of anilines is 1. The normalized spacial score (nSPS) is 12.5. The van der Waals surface area contributed by atoms with Gasteiger partial charge < -0.3 is 14.8 Å². The maximum Gasteiger partial charge on any atom is 0.145 e. The Morgan fingerprint density at radius 3 is 2.69 bits per heavy atom. The first kappa shape index (κ1) is 20.3. The first-order valence-electron chi connectivity index (χ1n) is 9.13. The van der Waals surface area contributed by atoms with Gasteiger partial charge in [0, 0.05) is 10.9 Å². The molecule has 1 unspecified atom stereocenters. The van der Waals surface area contributed by atoms with Crippen molar-refractivity contribution in [2.24, 2.45) is 0 Å². The second-order valence-electron chi connectivity index (χ2n) is 6.49. The number of halogens is 1. The molecule has 0 saturated heterocycles. The molecule has 6 nitrogen and oxygen atoms in total. The molecule has 0 bridgehead atoms. The molecule has 1 N–H and O–H groups in total. The predicted molar refractivity (Wildman–Crippen MR) is 112 cm³/mol. The standard InChI is InChI=1S/C22H23FN4O2/c1-6-13(2)29-15(4)14(3)27-22-18-9-16(19-8-7-17(23)11-24-19)10-20(28-5)21(18)25-12-26-22/h6-12,14H,4H2,1-3,5H3,(H,25,26,27)/b13-6-. The molecule has 0 saturated carbocycles. The fraction of sp³-hybridized carbons (Fsp3) is 0.227. The van der Waals surface area contributed by atoms with Crippen molar-refractivity contribution in [3.05, 3.63) is 66.8 Å². The number of aromatic nitrogens is 3. The van der Waals surface area contributed by atoms with Crippen LogP contribution in [-0.2, 0) is 4.74 Å². The summed E-state index contributed by atoms with van der Waals surface area (Å²) < 4.78 is 24.5. The Labute approximate surface area is 169 Å². The molecule has 0 aliphatic carbocycles. The van der Waals surface area contributed by atoms with Crippen LogP contribution in [0.1, 0.15) is 20.8 Å². The van der Waals surface area contributed by atoms with Crippen LogP contribution in [0.3, 0.4) is 0 Å². The largest absolute Gasteiger partial charge is 0.494 e. The summed E-state index contributed by atoms with van der Waals surface area (Å²) >= 11 is 0. The summed E-state index contributed by atoms with van der Waals surface area (Å²) in [5.41, 5.74) is 2.03. The number of hydrogen-bond donors (Lipinski definition) is 1. The van der Waals surface area contributed by atoms with E-state index in [1.165, 1.54) is 18.6 Å². The van der Waals surface area contributed by atoms with Gasteiger partial charge in [0.05, 0.1) is 30.8 Å². The number of benzene rings is 1. The second kappa shape index (κ2) is 8.68. The van der Waals surface area contributed by atoms with Gasteiger partial charge >= 0.3 is 0 Å². The number of hydrogen-bond acceptors (Lipinski definition) is 6. The lowest BCUT2D eigenvalue weighted by Gasteiger charge is -2.19. The third-order valence-corrected chi connectivity index (χ3v) is 4.48. The average molecular weight is 394 g/mol. The van der Waals surface area contributed by atoms with Crippen molar-refractivity contribution >= 4 is 16.7 Å². The predicted octanol–water partition coefficient (Wildman–Crippen LogP) is 5.09. The zero-order chi connectivity index (χ0) is 21.0. The Morgan fingerprint density at radius 2 is 2.03 bits per heavy atom. The fourth-order valence-electron chi connectivity index (χ4n) is 2.74. The average Bonchev–Trinajstić information content (AvgIpc) is 2.73. The lowest BCUT2D eigenvalue weighted by atomic mass is 10.1. The number of ether oxygens (including phenoxy) is 2. The minimum atomic E-state index is -0.393. The van der Waals surface area contributed by atoms with Crippen molar-refractivity contribution in [1.82, 2.24) is 15.0 Å². The first-order valence-corrected chi connectivity index (χ1v) is 9.13. The highest BCUT2D eigenvalue weighted by Gasteiger charge is 2.16. The Bertz CT molecular complexity index is 1060. The highest BCUT2D eigenvalue weighted by atomic mass is 19.1. The zero-order valence-corrected chi connectivity index (χ0v) is 16.9. The minimum Gasteiger partial charge on any atom is -0.494 e. The molecule has 7 heteroatoms. The van der Waals surface area contributed by atoms with Crippen LogP contribution >= 0.6 is 0 Å². The van der Waals surface area contributed by atoms with E-state index in [0.717, 1.165) is 16.7 Å². The third kappa shape index (κ3) is 4.51. The number of fused-ring (bicyclic) bond motifs is 1. The molecule has 1 atom stereocenters. The summed E-state index contributed by atoms with van der Waals surface area (Å²) in [6.07, 6.45) is 4.51. The lowest BCUT2D eigenvalue weighted by molar-refractivity contribution is 0.289. The van der Waals surface area contributed by atoms with Crippen molar-refractivity contribution in [2.75, 3.05) is 12.4 Å². The summed E-state index contributed by atoms with van der Waals surface area (Å²) in [6, 6.07) is 6.49. The van der Waals surface area contributed by atoms with Gasteiger partial charge in [0.15, 0.2) is 0 Å². The van der Waals surface area contributed by atoms with Crippen LogP contribution in [0, 0.1) is 5.82 Å². The van der Waals surface area contributed by atoms with Crippen LogP contribution in [0.4, 0.5) is 10.2 Å². The highest BCUT2D eigenvalue weighted by Crippen LogP contribution is 2.33. The number of nitrogens with zero attached hydrogens (tertiary/aromatic N) is 3. The summed E-state index contributed by atoms with van der Waals surface area (Å²) in [4.78, 5) is 12.9. The van der Waals surface area contributed by atoms with Gasteiger partial charge in [0.1, 0.15) is 35.0 Å². The minimum absolute atomic E-state index is 0.207. The van der Waals surface area contributed by atoms with E-state index in [1.54, 1.807) is 13.2 Å². The van der Waals surface area contributed by atoms with Crippen LogP contribution < -0.4 is 10.1 Å². The Kier molecular flexibility index (Phi) is 6.07. The maximum atomic E-state index is 13.3. The van der Waals surface area contributed by atoms with Gasteiger partial charge in [-0.25, -0.2) is 14.4 Å². The van der Waals surface area contributed by atoms with E-state index < -0.39 is 5.82 Å². The van der Waals surface area contributed by atoms with Gasteiger partial charge in [-0.1, -0.05) is 6.58 Å². The molecule has 0 aliphatic rings. The van der Waals surface area contributed by atoms with Gasteiger partial charge in [0.25, 0.3) is 0 Å².